The Hall–Kier alpha value is -7.54. The maximum Gasteiger partial charge on any atom is -0.00990 e. The van der Waals surface area contributed by atoms with Gasteiger partial charge in [0.1, 0.15) is 0 Å². The fourth-order valence-corrected chi connectivity index (χ4v) is 7.78. The molecule has 0 atom stereocenters. The number of benzene rings is 9. The van der Waals surface area contributed by atoms with Crippen LogP contribution in [-0.4, -0.2) is 0 Å². The first-order valence-electron chi connectivity index (χ1n) is 19.9. The van der Waals surface area contributed by atoms with Crippen molar-refractivity contribution in [1.29, 1.82) is 0 Å². The third kappa shape index (κ3) is 8.05. The van der Waals surface area contributed by atoms with Crippen molar-refractivity contribution >= 4 is 69.1 Å². The van der Waals surface area contributed by atoms with Gasteiger partial charge >= 0.3 is 0 Å². The first kappa shape index (κ1) is 36.1. The summed E-state index contributed by atoms with van der Waals surface area (Å²) in [5, 5.41) is 4.98. The van der Waals surface area contributed by atoms with E-state index in [1.165, 1.54) is 77.2 Å². The molecular formula is C58H42. The fourth-order valence-electron chi connectivity index (χ4n) is 7.78. The van der Waals surface area contributed by atoms with Crippen LogP contribution in [0.3, 0.4) is 0 Å². The molecule has 0 N–H and O–H groups in total. The summed E-state index contributed by atoms with van der Waals surface area (Å²) in [4.78, 5) is 0. The summed E-state index contributed by atoms with van der Waals surface area (Å²) in [5.41, 5.74) is 14.3. The molecule has 0 unspecified atom stereocenters. The van der Waals surface area contributed by atoms with Gasteiger partial charge < -0.3 is 0 Å². The van der Waals surface area contributed by atoms with Gasteiger partial charge in [-0.2, -0.15) is 0 Å². The van der Waals surface area contributed by atoms with Crippen molar-refractivity contribution in [3.05, 3.63) is 274 Å². The summed E-state index contributed by atoms with van der Waals surface area (Å²) < 4.78 is 0. The topological polar surface area (TPSA) is 0 Å². The molecule has 274 valence electrons. The average Bonchev–Trinajstić information content (AvgIpc) is 3.30. The van der Waals surface area contributed by atoms with E-state index in [0.29, 0.717) is 0 Å². The van der Waals surface area contributed by atoms with E-state index in [1.54, 1.807) is 0 Å². The maximum atomic E-state index is 2.34. The van der Waals surface area contributed by atoms with Gasteiger partial charge in [-0.25, -0.2) is 0 Å². The number of hydrogen-bond donors (Lipinski definition) is 0. The predicted octanol–water partition coefficient (Wildman–Crippen LogP) is 15.5. The zero-order valence-electron chi connectivity index (χ0n) is 32.2. The smallest absolute Gasteiger partial charge is 0.00990 e. The summed E-state index contributed by atoms with van der Waals surface area (Å²) in [6.45, 7) is 0. The van der Waals surface area contributed by atoms with Gasteiger partial charge in [0.2, 0.25) is 0 Å². The standard InChI is InChI=1S/C58H42/c1-3-19-49(20-4-1)57(55-31-15-27-47-23-11-13-29-53(47)55)41-51-25-9-7-17-45(51)39-37-43-33-35-44(36-34-43)38-40-46-18-8-10-26-52(46)42-58(50-21-5-2-6-22-50)56-32-16-28-48-24-12-14-30-54(48)56/h1-42H. The molecule has 0 saturated carbocycles. The minimum atomic E-state index is 1.15. The normalized spacial score (nSPS) is 12.2. The SMILES string of the molecule is C(=Cc1ccccc1C=C(c1ccccc1)c1cccc2ccccc12)c1ccc(C=Cc2ccccc2C=C(c2ccccc2)c2cccc3ccccc23)cc1. The zero-order chi connectivity index (χ0) is 38.9. The highest BCUT2D eigenvalue weighted by Crippen LogP contribution is 2.34. The van der Waals surface area contributed by atoms with Crippen molar-refractivity contribution in [3.63, 3.8) is 0 Å². The Morgan fingerprint density at radius 1 is 0.259 bits per heavy atom. The quantitative estimate of drug-likeness (QED) is 0.123. The van der Waals surface area contributed by atoms with E-state index in [9.17, 15) is 0 Å². The van der Waals surface area contributed by atoms with Gasteiger partial charge in [0.25, 0.3) is 0 Å². The van der Waals surface area contributed by atoms with E-state index in [4.69, 9.17) is 0 Å². The first-order chi connectivity index (χ1) is 28.8. The molecule has 0 aromatic heterocycles. The van der Waals surface area contributed by atoms with Crippen molar-refractivity contribution < 1.29 is 0 Å². The van der Waals surface area contributed by atoms with Crippen molar-refractivity contribution in [1.82, 2.24) is 0 Å². The lowest BCUT2D eigenvalue weighted by atomic mass is 9.91. The molecule has 0 fully saturated rings. The summed E-state index contributed by atoms with van der Waals surface area (Å²) in [6.07, 6.45) is 13.5. The molecule has 0 saturated heterocycles. The second kappa shape index (κ2) is 17.1. The molecule has 0 radical (unpaired) electrons. The predicted molar refractivity (Wildman–Crippen MR) is 252 cm³/mol. The molecule has 0 spiro atoms. The van der Waals surface area contributed by atoms with Gasteiger partial charge in [-0.1, -0.05) is 243 Å². The van der Waals surface area contributed by atoms with Crippen LogP contribution in [-0.2, 0) is 0 Å². The van der Waals surface area contributed by atoms with Gasteiger partial charge in [-0.05, 0) is 100 Å². The van der Waals surface area contributed by atoms with E-state index < -0.39 is 0 Å². The average molecular weight is 739 g/mol. The fraction of sp³-hybridized carbons (Fsp3) is 0. The number of rotatable bonds is 10. The highest BCUT2D eigenvalue weighted by atomic mass is 14.2. The molecule has 9 rings (SSSR count). The molecular weight excluding hydrogens is 697 g/mol. The third-order valence-electron chi connectivity index (χ3n) is 10.8. The lowest BCUT2D eigenvalue weighted by Gasteiger charge is -2.13. The highest BCUT2D eigenvalue weighted by molar-refractivity contribution is 6.04. The summed E-state index contributed by atoms with van der Waals surface area (Å²) >= 11 is 0. The molecule has 0 bridgehead atoms. The second-order valence-corrected chi connectivity index (χ2v) is 14.5. The van der Waals surface area contributed by atoms with E-state index in [2.05, 4.69) is 255 Å². The van der Waals surface area contributed by atoms with Crippen molar-refractivity contribution in [2.75, 3.05) is 0 Å². The Labute approximate surface area is 341 Å². The maximum absolute atomic E-state index is 2.34. The van der Waals surface area contributed by atoms with Crippen LogP contribution in [0.15, 0.2) is 218 Å². The molecule has 0 aliphatic carbocycles. The molecule has 0 heteroatoms. The lowest BCUT2D eigenvalue weighted by molar-refractivity contribution is 1.56. The summed E-state index contributed by atoms with van der Waals surface area (Å²) in [6, 6.07) is 77.9. The Morgan fingerprint density at radius 2 is 0.603 bits per heavy atom. The minimum absolute atomic E-state index is 1.15. The monoisotopic (exact) mass is 738 g/mol. The largest absolute Gasteiger partial charge is 0.0622 e. The summed E-state index contributed by atoms with van der Waals surface area (Å²) in [5.74, 6) is 0. The van der Waals surface area contributed by atoms with Crippen molar-refractivity contribution in [2.24, 2.45) is 0 Å². The highest BCUT2D eigenvalue weighted by Gasteiger charge is 2.12. The first-order valence-corrected chi connectivity index (χ1v) is 19.9. The molecule has 9 aromatic rings. The molecule has 0 aliphatic heterocycles. The third-order valence-corrected chi connectivity index (χ3v) is 10.8. The van der Waals surface area contributed by atoms with Gasteiger partial charge in [0, 0.05) is 0 Å². The van der Waals surface area contributed by atoms with Gasteiger partial charge in [0.15, 0.2) is 0 Å². The van der Waals surface area contributed by atoms with Crippen LogP contribution >= 0.6 is 0 Å². The van der Waals surface area contributed by atoms with E-state index >= 15 is 0 Å². The van der Waals surface area contributed by atoms with E-state index in [0.717, 1.165) is 11.1 Å². The van der Waals surface area contributed by atoms with Crippen LogP contribution in [0.1, 0.15) is 55.6 Å². The lowest BCUT2D eigenvalue weighted by Crippen LogP contribution is -1.91. The van der Waals surface area contributed by atoms with Crippen LogP contribution in [0.2, 0.25) is 0 Å². The molecule has 9 aromatic carbocycles. The Kier molecular flexibility index (Phi) is 10.6. The van der Waals surface area contributed by atoms with Crippen LogP contribution in [0.4, 0.5) is 0 Å². The molecule has 0 heterocycles. The molecule has 0 nitrogen and oxygen atoms in total. The number of hydrogen-bond acceptors (Lipinski definition) is 0. The van der Waals surface area contributed by atoms with Crippen LogP contribution in [0.5, 0.6) is 0 Å². The van der Waals surface area contributed by atoms with Crippen LogP contribution in [0, 0.1) is 0 Å². The number of fused-ring (bicyclic) bond motifs is 2. The van der Waals surface area contributed by atoms with E-state index in [1.807, 2.05) is 0 Å². The minimum Gasteiger partial charge on any atom is -0.0622 e. The summed E-state index contributed by atoms with van der Waals surface area (Å²) in [7, 11) is 0. The zero-order valence-corrected chi connectivity index (χ0v) is 32.2. The van der Waals surface area contributed by atoms with Gasteiger partial charge in [-0.3, -0.25) is 0 Å². The molecule has 58 heavy (non-hydrogen) atoms. The van der Waals surface area contributed by atoms with Crippen LogP contribution in [0.25, 0.3) is 69.1 Å². The van der Waals surface area contributed by atoms with Gasteiger partial charge in [0.05, 0.1) is 0 Å². The Bertz CT molecular complexity index is 2740. The molecule has 0 aliphatic rings. The molecule has 0 amide bonds. The Morgan fingerprint density at radius 3 is 1.03 bits per heavy atom. The van der Waals surface area contributed by atoms with Crippen LogP contribution < -0.4 is 0 Å². The Balaban J connectivity index is 0.994. The second-order valence-electron chi connectivity index (χ2n) is 14.5. The van der Waals surface area contributed by atoms with E-state index in [-0.39, 0.29) is 0 Å². The van der Waals surface area contributed by atoms with Crippen molar-refractivity contribution in [3.8, 4) is 0 Å². The van der Waals surface area contributed by atoms with Gasteiger partial charge in [-0.15, -0.1) is 0 Å². The van der Waals surface area contributed by atoms with Crippen molar-refractivity contribution in [2.45, 2.75) is 0 Å².